The van der Waals surface area contributed by atoms with E-state index in [0.717, 1.165) is 6.07 Å². The maximum absolute atomic E-state index is 12.2. The monoisotopic (exact) mass is 370 g/mol. The first-order chi connectivity index (χ1) is 11.6. The van der Waals surface area contributed by atoms with Gasteiger partial charge < -0.3 is 10.6 Å². The van der Waals surface area contributed by atoms with E-state index in [0.29, 0.717) is 25.1 Å². The molecule has 0 aromatic heterocycles. The SMILES string of the molecule is CC(C)NS(=O)(=O)c1ccc(N2CCC[C@H](C(N)=O)C2)c([N+](=O)[O-])c1. The number of nitro benzene ring substituents is 1. The number of piperidine rings is 1. The molecule has 2 rings (SSSR count). The maximum Gasteiger partial charge on any atom is 0.293 e. The number of rotatable bonds is 6. The van der Waals surface area contributed by atoms with Crippen LogP contribution in [0.4, 0.5) is 11.4 Å². The molecule has 1 fully saturated rings. The van der Waals surface area contributed by atoms with Crippen LogP contribution in [0.15, 0.2) is 23.1 Å². The molecule has 25 heavy (non-hydrogen) atoms. The zero-order valence-electron chi connectivity index (χ0n) is 14.1. The highest BCUT2D eigenvalue weighted by atomic mass is 32.2. The molecular formula is C15H22N4O5S. The number of nitrogens with two attached hydrogens (primary N) is 1. The average molecular weight is 370 g/mol. The molecule has 0 spiro atoms. The Balaban J connectivity index is 2.40. The second-order valence-electron chi connectivity index (χ2n) is 6.37. The number of anilines is 1. The summed E-state index contributed by atoms with van der Waals surface area (Å²) in [5.41, 5.74) is 5.33. The lowest BCUT2D eigenvalue weighted by molar-refractivity contribution is -0.384. The van der Waals surface area contributed by atoms with Crippen LogP contribution in [0.2, 0.25) is 0 Å². The van der Waals surface area contributed by atoms with E-state index in [-0.39, 0.29) is 29.1 Å². The third-order valence-corrected chi connectivity index (χ3v) is 5.67. The normalized spacial score (nSPS) is 18.4. The van der Waals surface area contributed by atoms with Crippen molar-refractivity contribution in [2.75, 3.05) is 18.0 Å². The molecule has 1 saturated heterocycles. The van der Waals surface area contributed by atoms with Gasteiger partial charge in [-0.2, -0.15) is 0 Å². The second kappa shape index (κ2) is 7.36. The van der Waals surface area contributed by atoms with Gasteiger partial charge in [0.05, 0.1) is 15.7 Å². The molecule has 0 saturated carbocycles. The molecule has 138 valence electrons. The van der Waals surface area contributed by atoms with Crippen LogP contribution in [0.25, 0.3) is 0 Å². The molecule has 1 heterocycles. The van der Waals surface area contributed by atoms with Crippen LogP contribution < -0.4 is 15.4 Å². The van der Waals surface area contributed by atoms with E-state index < -0.39 is 20.9 Å². The van der Waals surface area contributed by atoms with E-state index in [1.807, 2.05) is 0 Å². The largest absolute Gasteiger partial charge is 0.369 e. The van der Waals surface area contributed by atoms with Gasteiger partial charge in [0.1, 0.15) is 5.69 Å². The molecule has 0 bridgehead atoms. The molecule has 1 aromatic carbocycles. The number of nitro groups is 1. The number of hydrogen-bond donors (Lipinski definition) is 2. The lowest BCUT2D eigenvalue weighted by atomic mass is 9.97. The van der Waals surface area contributed by atoms with Gasteiger partial charge in [0.15, 0.2) is 0 Å². The first-order valence-electron chi connectivity index (χ1n) is 7.97. The van der Waals surface area contributed by atoms with Crippen LogP contribution >= 0.6 is 0 Å². The van der Waals surface area contributed by atoms with Gasteiger partial charge in [-0.15, -0.1) is 0 Å². The summed E-state index contributed by atoms with van der Waals surface area (Å²) in [5, 5.41) is 11.5. The first kappa shape index (κ1) is 19.1. The Morgan fingerprint density at radius 1 is 1.44 bits per heavy atom. The second-order valence-corrected chi connectivity index (χ2v) is 8.09. The number of sulfonamides is 1. The standard InChI is InChI=1S/C15H22N4O5S/c1-10(2)17-25(23,24)12-5-6-13(14(8-12)19(21)22)18-7-3-4-11(9-18)15(16)20/h5-6,8,10-11,17H,3-4,7,9H2,1-2H3,(H2,16,20)/t11-/m0/s1. The maximum atomic E-state index is 12.2. The van der Waals surface area contributed by atoms with Crippen molar-refractivity contribution >= 4 is 27.3 Å². The van der Waals surface area contributed by atoms with Gasteiger partial charge in [0.2, 0.25) is 15.9 Å². The van der Waals surface area contributed by atoms with Crippen molar-refractivity contribution in [2.45, 2.75) is 37.6 Å². The third kappa shape index (κ3) is 4.45. The molecule has 1 aliphatic heterocycles. The fourth-order valence-electron chi connectivity index (χ4n) is 2.89. The lowest BCUT2D eigenvalue weighted by Crippen LogP contribution is -2.41. The molecule has 1 aromatic rings. The number of primary amides is 1. The first-order valence-corrected chi connectivity index (χ1v) is 9.45. The smallest absolute Gasteiger partial charge is 0.293 e. The predicted molar refractivity (Wildman–Crippen MR) is 92.7 cm³/mol. The van der Waals surface area contributed by atoms with Crippen LogP contribution in [0.3, 0.4) is 0 Å². The van der Waals surface area contributed by atoms with Crippen LogP contribution in [0.5, 0.6) is 0 Å². The summed E-state index contributed by atoms with van der Waals surface area (Å²) in [6, 6.07) is 3.47. The minimum absolute atomic E-state index is 0.167. The molecule has 0 unspecified atom stereocenters. The summed E-state index contributed by atoms with van der Waals surface area (Å²) >= 11 is 0. The molecule has 1 atom stereocenters. The Kier molecular flexibility index (Phi) is 5.63. The number of carbonyl (C=O) groups excluding carboxylic acids is 1. The lowest BCUT2D eigenvalue weighted by Gasteiger charge is -2.32. The van der Waals surface area contributed by atoms with E-state index in [1.165, 1.54) is 12.1 Å². The summed E-state index contributed by atoms with van der Waals surface area (Å²) in [5.74, 6) is -0.813. The number of nitrogens with one attached hydrogen (secondary N) is 1. The summed E-state index contributed by atoms with van der Waals surface area (Å²) in [6.07, 6.45) is 1.32. The van der Waals surface area contributed by atoms with Crippen molar-refractivity contribution in [3.05, 3.63) is 28.3 Å². The summed E-state index contributed by atoms with van der Waals surface area (Å²) in [4.78, 5) is 23.8. The fraction of sp³-hybridized carbons (Fsp3) is 0.533. The Hall–Kier alpha value is -2.20. The summed E-state index contributed by atoms with van der Waals surface area (Å²) < 4.78 is 26.9. The van der Waals surface area contributed by atoms with E-state index in [2.05, 4.69) is 4.72 Å². The predicted octanol–water partition coefficient (Wildman–Crippen LogP) is 0.983. The van der Waals surface area contributed by atoms with E-state index >= 15 is 0 Å². The molecule has 9 nitrogen and oxygen atoms in total. The number of nitrogens with zero attached hydrogens (tertiary/aromatic N) is 2. The molecule has 3 N–H and O–H groups in total. The number of amides is 1. The van der Waals surface area contributed by atoms with Crippen molar-refractivity contribution in [1.29, 1.82) is 0 Å². The minimum atomic E-state index is -3.83. The minimum Gasteiger partial charge on any atom is -0.369 e. The van der Waals surface area contributed by atoms with E-state index in [1.54, 1.807) is 18.7 Å². The molecule has 1 aliphatic rings. The van der Waals surface area contributed by atoms with Gasteiger partial charge >= 0.3 is 0 Å². The highest BCUT2D eigenvalue weighted by molar-refractivity contribution is 7.89. The number of benzene rings is 1. The van der Waals surface area contributed by atoms with E-state index in [9.17, 15) is 23.3 Å². The summed E-state index contributed by atoms with van der Waals surface area (Å²) in [7, 11) is -3.83. The van der Waals surface area contributed by atoms with Crippen molar-refractivity contribution in [1.82, 2.24) is 4.72 Å². The fourth-order valence-corrected chi connectivity index (χ4v) is 4.16. The summed E-state index contributed by atoms with van der Waals surface area (Å²) in [6.45, 7) is 4.16. The number of hydrogen-bond acceptors (Lipinski definition) is 6. The van der Waals surface area contributed by atoms with Gasteiger partial charge in [0, 0.05) is 25.2 Å². The van der Waals surface area contributed by atoms with Gasteiger partial charge in [-0.3, -0.25) is 14.9 Å². The van der Waals surface area contributed by atoms with Crippen LogP contribution in [-0.4, -0.2) is 38.4 Å². The Morgan fingerprint density at radius 3 is 2.68 bits per heavy atom. The quantitative estimate of drug-likeness (QED) is 0.566. The number of carbonyl (C=O) groups is 1. The van der Waals surface area contributed by atoms with Gasteiger partial charge in [-0.25, -0.2) is 13.1 Å². The van der Waals surface area contributed by atoms with Crippen molar-refractivity contribution in [3.8, 4) is 0 Å². The van der Waals surface area contributed by atoms with Crippen molar-refractivity contribution < 1.29 is 18.1 Å². The molecule has 1 amide bonds. The van der Waals surface area contributed by atoms with Crippen LogP contribution in [-0.2, 0) is 14.8 Å². The molecule has 0 aliphatic carbocycles. The highest BCUT2D eigenvalue weighted by Gasteiger charge is 2.29. The highest BCUT2D eigenvalue weighted by Crippen LogP contribution is 2.33. The van der Waals surface area contributed by atoms with Crippen molar-refractivity contribution in [3.63, 3.8) is 0 Å². The third-order valence-electron chi connectivity index (χ3n) is 4.01. The molecule has 10 heteroatoms. The zero-order chi connectivity index (χ0) is 18.8. The molecular weight excluding hydrogens is 348 g/mol. The Labute approximate surface area is 146 Å². The van der Waals surface area contributed by atoms with Gasteiger partial charge in [0.25, 0.3) is 5.69 Å². The topological polar surface area (TPSA) is 136 Å². The average Bonchev–Trinajstić information content (AvgIpc) is 2.53. The van der Waals surface area contributed by atoms with Gasteiger partial charge in [-0.05, 0) is 38.8 Å². The van der Waals surface area contributed by atoms with E-state index in [4.69, 9.17) is 5.73 Å². The zero-order valence-corrected chi connectivity index (χ0v) is 15.0. The Bertz CT molecular complexity index is 778. The Morgan fingerprint density at radius 2 is 2.12 bits per heavy atom. The van der Waals surface area contributed by atoms with Crippen molar-refractivity contribution in [2.24, 2.45) is 11.7 Å². The van der Waals surface area contributed by atoms with Crippen LogP contribution in [0.1, 0.15) is 26.7 Å². The van der Waals surface area contributed by atoms with Gasteiger partial charge in [-0.1, -0.05) is 0 Å². The molecule has 0 radical (unpaired) electrons. The van der Waals surface area contributed by atoms with Crippen LogP contribution in [0, 0.1) is 16.0 Å².